The van der Waals surface area contributed by atoms with E-state index in [4.69, 9.17) is 9.84 Å². The predicted molar refractivity (Wildman–Crippen MR) is 57.9 cm³/mol. The summed E-state index contributed by atoms with van der Waals surface area (Å²) < 4.78 is 5.48. The molecule has 0 amide bonds. The molecule has 0 aromatic carbocycles. The van der Waals surface area contributed by atoms with E-state index in [0.29, 0.717) is 12.1 Å². The SMILES string of the molecule is CCOC1CC(N(C)CCCC(=O)O)C1. The number of carboxylic acid groups (broad SMARTS) is 1. The third-order valence-corrected chi connectivity index (χ3v) is 3.00. The van der Waals surface area contributed by atoms with Gasteiger partial charge in [-0.1, -0.05) is 0 Å². The van der Waals surface area contributed by atoms with Gasteiger partial charge in [0.2, 0.25) is 0 Å². The fourth-order valence-corrected chi connectivity index (χ4v) is 1.93. The molecule has 0 aromatic heterocycles. The van der Waals surface area contributed by atoms with Gasteiger partial charge in [0.05, 0.1) is 6.10 Å². The zero-order valence-corrected chi connectivity index (χ0v) is 9.61. The van der Waals surface area contributed by atoms with Crippen molar-refractivity contribution in [3.8, 4) is 0 Å². The summed E-state index contributed by atoms with van der Waals surface area (Å²) in [5.41, 5.74) is 0. The maximum Gasteiger partial charge on any atom is 0.303 e. The molecule has 0 saturated heterocycles. The number of carboxylic acids is 1. The van der Waals surface area contributed by atoms with E-state index < -0.39 is 5.97 Å². The molecular formula is C11H21NO3. The first-order valence-corrected chi connectivity index (χ1v) is 5.67. The van der Waals surface area contributed by atoms with Gasteiger partial charge in [-0.15, -0.1) is 0 Å². The van der Waals surface area contributed by atoms with Crippen molar-refractivity contribution in [1.82, 2.24) is 4.90 Å². The van der Waals surface area contributed by atoms with Gasteiger partial charge >= 0.3 is 5.97 Å². The Kier molecular flexibility index (Phi) is 5.05. The average molecular weight is 215 g/mol. The molecule has 15 heavy (non-hydrogen) atoms. The molecule has 0 bridgehead atoms. The van der Waals surface area contributed by atoms with Crippen LogP contribution in [-0.4, -0.2) is 48.3 Å². The van der Waals surface area contributed by atoms with Crippen molar-refractivity contribution in [3.05, 3.63) is 0 Å². The lowest BCUT2D eigenvalue weighted by Crippen LogP contribution is -2.46. The summed E-state index contributed by atoms with van der Waals surface area (Å²) >= 11 is 0. The highest BCUT2D eigenvalue weighted by atomic mass is 16.5. The molecule has 1 aliphatic rings. The van der Waals surface area contributed by atoms with Crippen LogP contribution >= 0.6 is 0 Å². The van der Waals surface area contributed by atoms with Crippen molar-refractivity contribution >= 4 is 5.97 Å². The predicted octanol–water partition coefficient (Wildman–Crippen LogP) is 1.35. The third kappa shape index (κ3) is 4.18. The molecule has 0 atom stereocenters. The van der Waals surface area contributed by atoms with E-state index in [9.17, 15) is 4.79 Å². The quantitative estimate of drug-likeness (QED) is 0.696. The van der Waals surface area contributed by atoms with Crippen molar-refractivity contribution < 1.29 is 14.6 Å². The van der Waals surface area contributed by atoms with E-state index in [-0.39, 0.29) is 6.42 Å². The second-order valence-electron chi connectivity index (χ2n) is 4.18. The van der Waals surface area contributed by atoms with Crippen molar-refractivity contribution in [2.24, 2.45) is 0 Å². The minimum atomic E-state index is -0.704. The second-order valence-corrected chi connectivity index (χ2v) is 4.18. The normalized spacial score (nSPS) is 25.3. The number of hydrogen-bond acceptors (Lipinski definition) is 3. The van der Waals surface area contributed by atoms with E-state index >= 15 is 0 Å². The Balaban J connectivity index is 2.04. The van der Waals surface area contributed by atoms with Gasteiger partial charge in [0, 0.05) is 19.1 Å². The van der Waals surface area contributed by atoms with E-state index in [1.807, 2.05) is 6.92 Å². The largest absolute Gasteiger partial charge is 0.481 e. The molecule has 1 saturated carbocycles. The molecule has 0 aliphatic heterocycles. The molecule has 4 nitrogen and oxygen atoms in total. The lowest BCUT2D eigenvalue weighted by atomic mass is 9.88. The van der Waals surface area contributed by atoms with Gasteiger partial charge in [-0.2, -0.15) is 0 Å². The van der Waals surface area contributed by atoms with Gasteiger partial charge < -0.3 is 14.7 Å². The van der Waals surface area contributed by atoms with Gasteiger partial charge in [-0.25, -0.2) is 0 Å². The molecule has 0 heterocycles. The van der Waals surface area contributed by atoms with Crippen LogP contribution in [0.15, 0.2) is 0 Å². The van der Waals surface area contributed by atoms with Gasteiger partial charge in [0.25, 0.3) is 0 Å². The molecular weight excluding hydrogens is 194 g/mol. The second kappa shape index (κ2) is 6.08. The van der Waals surface area contributed by atoms with E-state index in [0.717, 1.165) is 32.4 Å². The minimum Gasteiger partial charge on any atom is -0.481 e. The third-order valence-electron chi connectivity index (χ3n) is 3.00. The van der Waals surface area contributed by atoms with Gasteiger partial charge in [0.1, 0.15) is 0 Å². The fraction of sp³-hybridized carbons (Fsp3) is 0.909. The molecule has 0 aromatic rings. The zero-order valence-electron chi connectivity index (χ0n) is 9.61. The van der Waals surface area contributed by atoms with Gasteiger partial charge in [-0.3, -0.25) is 4.79 Å². The summed E-state index contributed by atoms with van der Waals surface area (Å²) in [7, 11) is 2.06. The summed E-state index contributed by atoms with van der Waals surface area (Å²) in [5.74, 6) is -0.704. The van der Waals surface area contributed by atoms with Crippen LogP contribution in [0.5, 0.6) is 0 Å². The molecule has 1 N–H and O–H groups in total. The Bertz CT molecular complexity index is 202. The number of ether oxygens (including phenoxy) is 1. The highest BCUT2D eigenvalue weighted by Crippen LogP contribution is 2.27. The van der Waals surface area contributed by atoms with Crippen LogP contribution in [0.2, 0.25) is 0 Å². The van der Waals surface area contributed by atoms with Crippen molar-refractivity contribution in [1.29, 1.82) is 0 Å². The number of hydrogen-bond donors (Lipinski definition) is 1. The molecule has 0 radical (unpaired) electrons. The monoisotopic (exact) mass is 215 g/mol. The first-order valence-electron chi connectivity index (χ1n) is 5.67. The Labute approximate surface area is 91.2 Å². The Hall–Kier alpha value is -0.610. The van der Waals surface area contributed by atoms with Crippen LogP contribution in [-0.2, 0) is 9.53 Å². The van der Waals surface area contributed by atoms with Crippen LogP contribution in [0.25, 0.3) is 0 Å². The molecule has 1 aliphatic carbocycles. The highest BCUT2D eigenvalue weighted by Gasteiger charge is 2.31. The first kappa shape index (κ1) is 12.5. The van der Waals surface area contributed by atoms with Crippen molar-refractivity contribution in [3.63, 3.8) is 0 Å². The zero-order chi connectivity index (χ0) is 11.3. The summed E-state index contributed by atoms with van der Waals surface area (Å²) in [6, 6.07) is 0.593. The molecule has 0 unspecified atom stereocenters. The minimum absolute atomic E-state index is 0.270. The van der Waals surface area contributed by atoms with Crippen LogP contribution in [0.1, 0.15) is 32.6 Å². The Morgan fingerprint density at radius 1 is 1.53 bits per heavy atom. The molecule has 1 fully saturated rings. The van der Waals surface area contributed by atoms with Crippen LogP contribution in [0.3, 0.4) is 0 Å². The lowest BCUT2D eigenvalue weighted by molar-refractivity contribution is -0.137. The van der Waals surface area contributed by atoms with Crippen LogP contribution in [0, 0.1) is 0 Å². The molecule has 88 valence electrons. The number of nitrogens with zero attached hydrogens (tertiary/aromatic N) is 1. The summed E-state index contributed by atoms with van der Waals surface area (Å²) in [6.45, 7) is 3.68. The Morgan fingerprint density at radius 2 is 2.20 bits per heavy atom. The molecule has 4 heteroatoms. The topological polar surface area (TPSA) is 49.8 Å². The fourth-order valence-electron chi connectivity index (χ4n) is 1.93. The van der Waals surface area contributed by atoms with E-state index in [2.05, 4.69) is 11.9 Å². The maximum atomic E-state index is 10.3. The lowest BCUT2D eigenvalue weighted by Gasteiger charge is -2.40. The molecule has 1 rings (SSSR count). The van der Waals surface area contributed by atoms with Crippen molar-refractivity contribution in [2.75, 3.05) is 20.2 Å². The number of carbonyl (C=O) groups is 1. The average Bonchev–Trinajstić information content (AvgIpc) is 2.09. The van der Waals surface area contributed by atoms with Crippen LogP contribution < -0.4 is 0 Å². The van der Waals surface area contributed by atoms with E-state index in [1.165, 1.54) is 0 Å². The first-order chi connectivity index (χ1) is 7.13. The standard InChI is InChI=1S/C11H21NO3/c1-3-15-10-7-9(8-10)12(2)6-4-5-11(13)14/h9-10H,3-8H2,1-2H3,(H,13,14). The summed E-state index contributed by atoms with van der Waals surface area (Å²) in [4.78, 5) is 12.6. The van der Waals surface area contributed by atoms with Gasteiger partial charge in [0.15, 0.2) is 0 Å². The van der Waals surface area contributed by atoms with Crippen LogP contribution in [0.4, 0.5) is 0 Å². The summed E-state index contributed by atoms with van der Waals surface area (Å²) in [5, 5.41) is 8.51. The molecule has 0 spiro atoms. The maximum absolute atomic E-state index is 10.3. The smallest absolute Gasteiger partial charge is 0.303 e. The van der Waals surface area contributed by atoms with Crippen molar-refractivity contribution in [2.45, 2.75) is 44.8 Å². The number of rotatable bonds is 7. The Morgan fingerprint density at radius 3 is 2.73 bits per heavy atom. The van der Waals surface area contributed by atoms with Gasteiger partial charge in [-0.05, 0) is 39.8 Å². The van der Waals surface area contributed by atoms with E-state index in [1.54, 1.807) is 0 Å². The highest BCUT2D eigenvalue weighted by molar-refractivity contribution is 5.66. The number of aliphatic carboxylic acids is 1. The summed E-state index contributed by atoms with van der Waals surface area (Å²) in [6.07, 6.45) is 3.63.